The summed E-state index contributed by atoms with van der Waals surface area (Å²) in [5.74, 6) is -8.47. The van der Waals surface area contributed by atoms with Crippen molar-refractivity contribution >= 4 is 11.6 Å². The van der Waals surface area contributed by atoms with E-state index in [0.717, 1.165) is 6.92 Å². The van der Waals surface area contributed by atoms with Gasteiger partial charge in [-0.05, 0) is 13.0 Å². The summed E-state index contributed by atoms with van der Waals surface area (Å²) in [4.78, 5) is 21.3. The molecule has 5 heteroatoms. The van der Waals surface area contributed by atoms with Gasteiger partial charge in [0, 0.05) is 0 Å². The normalized spacial score (nSPS) is 24.6. The second-order valence-corrected chi connectivity index (χ2v) is 2.96. The minimum absolute atomic E-state index is 0.499. The number of hydrogen-bond acceptors (Lipinski definition) is 2. The number of alkyl halides is 2. The minimum Gasteiger partial charge on any atom is -0.300 e. The summed E-state index contributed by atoms with van der Waals surface area (Å²) in [6.07, 6.45) is -0.0185. The number of Topliss-reactive ketones (excluding diaryl/α,β-unsaturated/α-hetero) is 2. The first-order valence-electron chi connectivity index (χ1n) is 3.63. The number of ketones is 2. The van der Waals surface area contributed by atoms with Gasteiger partial charge in [-0.2, -0.15) is 8.78 Å². The van der Waals surface area contributed by atoms with Gasteiger partial charge in [0.25, 0.3) is 0 Å². The molecule has 1 aliphatic carbocycles. The fourth-order valence-electron chi connectivity index (χ4n) is 1.06. The molecule has 72 valence electrons. The van der Waals surface area contributed by atoms with Crippen LogP contribution in [0.4, 0.5) is 13.2 Å². The molecule has 0 aliphatic heterocycles. The number of halogens is 3. The van der Waals surface area contributed by atoms with Crippen molar-refractivity contribution in [3.05, 3.63) is 11.9 Å². The van der Waals surface area contributed by atoms with Gasteiger partial charge in [0.15, 0.2) is 11.6 Å². The number of allylic oxidation sites excluding steroid dienone is 2. The second kappa shape index (κ2) is 2.97. The first kappa shape index (κ1) is 9.95. The third-order valence-electron chi connectivity index (χ3n) is 1.79. The average Bonchev–Trinajstić information content (AvgIpc) is 1.98. The molecule has 13 heavy (non-hydrogen) atoms. The number of carbonyl (C=O) groups excluding carboxylic acids is 2. The first-order chi connectivity index (χ1) is 5.85. The van der Waals surface area contributed by atoms with Crippen LogP contribution in [0, 0.1) is 5.92 Å². The van der Waals surface area contributed by atoms with E-state index in [9.17, 15) is 22.8 Å². The molecule has 1 atom stereocenters. The van der Waals surface area contributed by atoms with E-state index in [1.54, 1.807) is 0 Å². The van der Waals surface area contributed by atoms with Crippen molar-refractivity contribution < 1.29 is 22.8 Å². The molecule has 0 radical (unpaired) electrons. The smallest absolute Gasteiger partial charge is 0.300 e. The third kappa shape index (κ3) is 1.64. The van der Waals surface area contributed by atoms with Crippen molar-refractivity contribution in [2.45, 2.75) is 19.3 Å². The van der Waals surface area contributed by atoms with Crippen molar-refractivity contribution in [2.24, 2.45) is 5.92 Å². The van der Waals surface area contributed by atoms with E-state index in [1.807, 2.05) is 0 Å². The van der Waals surface area contributed by atoms with E-state index in [2.05, 4.69) is 0 Å². The molecule has 0 fully saturated rings. The molecule has 0 aromatic heterocycles. The standard InChI is InChI=1S/C8H7F3O2/c1-4(12)2-6(13)5-3-7(9)8(5,10)11/h3,5H,2H2,1H3. The van der Waals surface area contributed by atoms with Gasteiger partial charge >= 0.3 is 5.92 Å². The predicted molar refractivity (Wildman–Crippen MR) is 37.9 cm³/mol. The third-order valence-corrected chi connectivity index (χ3v) is 1.79. The Morgan fingerprint density at radius 3 is 2.38 bits per heavy atom. The zero-order valence-corrected chi connectivity index (χ0v) is 6.81. The van der Waals surface area contributed by atoms with Crippen molar-refractivity contribution in [1.29, 1.82) is 0 Å². The van der Waals surface area contributed by atoms with Gasteiger partial charge in [0.2, 0.25) is 0 Å². The number of carbonyl (C=O) groups is 2. The Morgan fingerprint density at radius 2 is 2.08 bits per heavy atom. The Labute approximate surface area is 72.4 Å². The summed E-state index contributed by atoms with van der Waals surface area (Å²) < 4.78 is 37.2. The Morgan fingerprint density at radius 1 is 1.54 bits per heavy atom. The minimum atomic E-state index is -3.70. The molecule has 1 rings (SSSR count). The van der Waals surface area contributed by atoms with Crippen molar-refractivity contribution in [2.75, 3.05) is 0 Å². The van der Waals surface area contributed by atoms with E-state index in [4.69, 9.17) is 0 Å². The Kier molecular flexibility index (Phi) is 2.28. The van der Waals surface area contributed by atoms with Crippen LogP contribution in [0.25, 0.3) is 0 Å². The zero-order valence-electron chi connectivity index (χ0n) is 6.81. The summed E-state index contributed by atoms with van der Waals surface area (Å²) >= 11 is 0. The highest BCUT2D eigenvalue weighted by molar-refractivity contribution is 6.01. The number of hydrogen-bond donors (Lipinski definition) is 0. The molecule has 0 aromatic carbocycles. The number of rotatable bonds is 3. The van der Waals surface area contributed by atoms with Crippen LogP contribution in [-0.2, 0) is 9.59 Å². The maximum absolute atomic E-state index is 12.5. The molecule has 2 nitrogen and oxygen atoms in total. The highest BCUT2D eigenvalue weighted by atomic mass is 19.3. The van der Waals surface area contributed by atoms with Gasteiger partial charge in [-0.3, -0.25) is 9.59 Å². The molecule has 0 N–H and O–H groups in total. The van der Waals surface area contributed by atoms with Crippen LogP contribution in [0.2, 0.25) is 0 Å². The highest BCUT2D eigenvalue weighted by Gasteiger charge is 2.54. The lowest BCUT2D eigenvalue weighted by atomic mass is 9.83. The van der Waals surface area contributed by atoms with Gasteiger partial charge in [-0.15, -0.1) is 0 Å². The van der Waals surface area contributed by atoms with Crippen LogP contribution in [0.15, 0.2) is 11.9 Å². The summed E-state index contributed by atoms with van der Waals surface area (Å²) in [7, 11) is 0. The summed E-state index contributed by atoms with van der Waals surface area (Å²) in [6.45, 7) is 1.12. The molecule has 0 heterocycles. The van der Waals surface area contributed by atoms with Gasteiger partial charge in [-0.1, -0.05) is 0 Å². The maximum atomic E-state index is 12.5. The second-order valence-electron chi connectivity index (χ2n) is 2.96. The van der Waals surface area contributed by atoms with Gasteiger partial charge in [-0.25, -0.2) is 4.39 Å². The van der Waals surface area contributed by atoms with Crippen LogP contribution < -0.4 is 0 Å². The fraction of sp³-hybridized carbons (Fsp3) is 0.500. The zero-order chi connectivity index (χ0) is 10.2. The molecular weight excluding hydrogens is 185 g/mol. The molecule has 0 saturated carbocycles. The van der Waals surface area contributed by atoms with E-state index >= 15 is 0 Å². The maximum Gasteiger partial charge on any atom is 0.311 e. The van der Waals surface area contributed by atoms with E-state index in [0.29, 0.717) is 6.08 Å². The van der Waals surface area contributed by atoms with Crippen LogP contribution >= 0.6 is 0 Å². The lowest BCUT2D eigenvalue weighted by Gasteiger charge is -2.29. The molecule has 0 spiro atoms. The van der Waals surface area contributed by atoms with E-state index in [-0.39, 0.29) is 0 Å². The topological polar surface area (TPSA) is 34.1 Å². The molecule has 0 aromatic rings. The molecule has 1 aliphatic rings. The van der Waals surface area contributed by atoms with Crippen LogP contribution in [0.3, 0.4) is 0 Å². The molecular formula is C8H7F3O2. The SMILES string of the molecule is CC(=O)CC(=O)C1C=C(F)C1(F)F. The van der Waals surface area contributed by atoms with Crippen LogP contribution in [-0.4, -0.2) is 17.5 Å². The summed E-state index contributed by atoms with van der Waals surface area (Å²) in [5.41, 5.74) is 0. The Hall–Kier alpha value is -1.13. The summed E-state index contributed by atoms with van der Waals surface area (Å²) in [6, 6.07) is 0. The van der Waals surface area contributed by atoms with Crippen LogP contribution in [0.5, 0.6) is 0 Å². The molecule has 0 amide bonds. The van der Waals surface area contributed by atoms with Crippen LogP contribution in [0.1, 0.15) is 13.3 Å². The molecule has 0 saturated heterocycles. The Balaban J connectivity index is 2.68. The van der Waals surface area contributed by atoms with Crippen molar-refractivity contribution in [3.63, 3.8) is 0 Å². The largest absolute Gasteiger partial charge is 0.311 e. The predicted octanol–water partition coefficient (Wildman–Crippen LogP) is 1.65. The summed E-state index contributed by atoms with van der Waals surface area (Å²) in [5, 5.41) is 0. The lowest BCUT2D eigenvalue weighted by Crippen LogP contribution is -2.42. The van der Waals surface area contributed by atoms with Gasteiger partial charge in [0.1, 0.15) is 11.7 Å². The lowest BCUT2D eigenvalue weighted by molar-refractivity contribution is -0.138. The first-order valence-corrected chi connectivity index (χ1v) is 3.63. The van der Waals surface area contributed by atoms with E-state index < -0.39 is 35.7 Å². The Bertz CT molecular complexity index is 294. The van der Waals surface area contributed by atoms with Gasteiger partial charge < -0.3 is 0 Å². The highest BCUT2D eigenvalue weighted by Crippen LogP contribution is 2.44. The monoisotopic (exact) mass is 192 g/mol. The average molecular weight is 192 g/mol. The van der Waals surface area contributed by atoms with Crippen molar-refractivity contribution in [3.8, 4) is 0 Å². The van der Waals surface area contributed by atoms with Crippen molar-refractivity contribution in [1.82, 2.24) is 0 Å². The van der Waals surface area contributed by atoms with Gasteiger partial charge in [0.05, 0.1) is 6.42 Å². The molecule has 1 unspecified atom stereocenters. The fourth-order valence-corrected chi connectivity index (χ4v) is 1.06. The quantitative estimate of drug-likeness (QED) is 0.637. The van der Waals surface area contributed by atoms with E-state index in [1.165, 1.54) is 0 Å². The molecule has 0 bridgehead atoms.